The van der Waals surface area contributed by atoms with E-state index in [0.717, 1.165) is 0 Å². The largest absolute Gasteiger partial charge is 0.310 e. The van der Waals surface area contributed by atoms with Crippen molar-refractivity contribution >= 4 is 38.9 Å². The molecule has 0 aliphatic rings. The van der Waals surface area contributed by atoms with Crippen molar-refractivity contribution in [3.05, 3.63) is 205 Å². The van der Waals surface area contributed by atoms with Gasteiger partial charge in [-0.2, -0.15) is 0 Å². The number of para-hydroxylation sites is 3. The number of hydrogen-bond donors (Lipinski definition) is 0. The molecule has 1 heterocycles. The average Bonchev–Trinajstić information content (AvgIpc) is 1.45. The molecule has 0 saturated heterocycles. The second-order valence-corrected chi connectivity index (χ2v) is 10.0. The summed E-state index contributed by atoms with van der Waals surface area (Å²) in [6.45, 7) is 0. The highest BCUT2D eigenvalue weighted by Gasteiger charge is 2.18. The Kier molecular flexibility index (Phi) is 2.72. The van der Waals surface area contributed by atoms with Gasteiger partial charge in [0.25, 0.3) is 0 Å². The van der Waals surface area contributed by atoms with Gasteiger partial charge in [0.15, 0.2) is 0 Å². The molecule has 236 valence electrons. The molecule has 0 saturated carbocycles. The van der Waals surface area contributed by atoms with E-state index < -0.39 is 283 Å². The third-order valence-corrected chi connectivity index (χ3v) is 7.18. The van der Waals surface area contributed by atoms with Gasteiger partial charge in [-0.1, -0.05) is 145 Å². The Bertz CT molecular complexity index is 4400. The Balaban J connectivity index is 1.45. The van der Waals surface area contributed by atoms with Crippen LogP contribution in [0.5, 0.6) is 0 Å². The highest BCUT2D eigenvalue weighted by Crippen LogP contribution is 2.42. The zero-order valence-corrected chi connectivity index (χ0v) is 24.9. The van der Waals surface area contributed by atoms with Crippen molar-refractivity contribution in [2.45, 2.75) is 0 Å². The van der Waals surface area contributed by atoms with Crippen LogP contribution in [0.3, 0.4) is 0 Å². The predicted molar refractivity (Wildman–Crippen MR) is 212 cm³/mol. The molecule has 1 aromatic heterocycles. The van der Waals surface area contributed by atoms with Crippen molar-refractivity contribution in [3.8, 4) is 39.1 Å². The van der Waals surface area contributed by atoms with E-state index >= 15 is 0 Å². The maximum atomic E-state index is 9.78. The van der Waals surface area contributed by atoms with E-state index in [0.29, 0.717) is 9.47 Å². The topological polar surface area (TPSA) is 8.17 Å². The van der Waals surface area contributed by atoms with E-state index in [9.17, 15) is 13.7 Å². The Hall–Kier alpha value is -6.64. The fraction of sp³-hybridized carbons (Fsp3) is 0. The van der Waals surface area contributed by atoms with E-state index in [1.807, 2.05) is 0 Å². The molecule has 0 unspecified atom stereocenters. The average molecular weight is 673 g/mol. The Morgan fingerprint density at radius 1 is 0.360 bits per heavy atom. The van der Waals surface area contributed by atoms with Gasteiger partial charge in [0.2, 0.25) is 0 Å². The molecule has 0 aliphatic heterocycles. The van der Waals surface area contributed by atoms with Gasteiger partial charge in [0.1, 0.15) is 0 Å². The van der Waals surface area contributed by atoms with Gasteiger partial charge in [-0.15, -0.1) is 0 Å². The first-order valence-corrected chi connectivity index (χ1v) is 14.3. The number of nitrogens with zero attached hydrogens (tertiary/aromatic N) is 2. The van der Waals surface area contributed by atoms with Gasteiger partial charge in [-0.25, -0.2) is 0 Å². The van der Waals surface area contributed by atoms with Gasteiger partial charge >= 0.3 is 0 Å². The molecule has 0 spiro atoms. The number of aromatic nitrogens is 1. The van der Waals surface area contributed by atoms with E-state index in [-0.39, 0.29) is 0 Å². The molecular weight excluding hydrogens is 605 g/mol. The van der Waals surface area contributed by atoms with Crippen molar-refractivity contribution in [1.82, 2.24) is 4.57 Å². The number of anilines is 3. The van der Waals surface area contributed by atoms with E-state index in [2.05, 4.69) is 0 Å². The predicted octanol–water partition coefficient (Wildman–Crippen LogP) is 13.3. The maximum Gasteiger partial charge on any atom is 0.0645 e. The van der Waals surface area contributed by atoms with Crippen LogP contribution >= 0.6 is 0 Å². The maximum absolute atomic E-state index is 9.78. The number of hydrogen-bond acceptors (Lipinski definition) is 1. The fourth-order valence-electron chi connectivity index (χ4n) is 5.04. The summed E-state index contributed by atoms with van der Waals surface area (Å²) in [7, 11) is 0. The minimum Gasteiger partial charge on any atom is -0.310 e. The molecule has 0 radical (unpaired) electrons. The van der Waals surface area contributed by atoms with Crippen molar-refractivity contribution in [2.75, 3.05) is 4.90 Å². The van der Waals surface area contributed by atoms with Crippen LogP contribution in [0, 0.1) is 0 Å². The van der Waals surface area contributed by atoms with Crippen molar-refractivity contribution < 1.29 is 46.6 Å². The lowest BCUT2D eigenvalue weighted by molar-refractivity contribution is 1.18. The highest BCUT2D eigenvalue weighted by atomic mass is 15.1. The lowest BCUT2D eigenvalue weighted by Crippen LogP contribution is -2.11. The van der Waals surface area contributed by atoms with E-state index in [4.69, 9.17) is 32.9 Å². The smallest absolute Gasteiger partial charge is 0.0645 e. The van der Waals surface area contributed by atoms with Crippen LogP contribution in [-0.2, 0) is 0 Å². The van der Waals surface area contributed by atoms with Crippen LogP contribution in [0.2, 0.25) is 0 Å². The zero-order valence-electron chi connectivity index (χ0n) is 58.9. The molecule has 2 heteroatoms. The molecule has 9 rings (SSSR count). The number of benzene rings is 8. The third-order valence-electron chi connectivity index (χ3n) is 7.18. The Morgan fingerprint density at radius 3 is 1.60 bits per heavy atom. The van der Waals surface area contributed by atoms with Gasteiger partial charge in [-0.3, -0.25) is 0 Å². The quantitative estimate of drug-likeness (QED) is 0.164. The Morgan fingerprint density at radius 2 is 0.860 bits per heavy atom. The summed E-state index contributed by atoms with van der Waals surface area (Å²) in [6, 6.07) is -37.1. The monoisotopic (exact) mass is 672 g/mol. The molecular formula is C48H34N2. The van der Waals surface area contributed by atoms with Gasteiger partial charge in [0, 0.05) is 33.4 Å². The van der Waals surface area contributed by atoms with E-state index in [1.165, 1.54) is 0 Å². The first kappa shape index (κ1) is 10.7. The molecule has 50 heavy (non-hydrogen) atoms. The normalized spacial score (nSPS) is 20.7. The van der Waals surface area contributed by atoms with Gasteiger partial charge in [-0.05, 0) is 88.2 Å². The lowest BCUT2D eigenvalue weighted by Gasteiger charge is -2.28. The number of rotatable bonds is 7. The SMILES string of the molecule is [2H]c1c([2H])c([2H])c(-c2c([2H])c([2H])c(-n3c4c([2H])c([2H])c([2H])c([2H])c4c4c([2H])c(-c5c([2H])c([2H])c(N(c6c([2H])c([2H])c([2H])c([2H])c6[2H])c6c([2H])c([2H])c([2H])c([2H])c6-c6c([2H])c([2H])c([2H])c([2H])c6[2H])c([2H])c5[2H])c([2H])c([2H])c43)c([2H])c2[2H])c([2H])c1[2H]. The van der Waals surface area contributed by atoms with Gasteiger partial charge < -0.3 is 9.47 Å². The van der Waals surface area contributed by atoms with Crippen LogP contribution in [0.1, 0.15) is 46.6 Å². The minimum absolute atomic E-state index is 0.298. The summed E-state index contributed by atoms with van der Waals surface area (Å²) >= 11 is 0. The lowest BCUT2D eigenvalue weighted by atomic mass is 10.0. The molecule has 0 amide bonds. The van der Waals surface area contributed by atoms with Crippen molar-refractivity contribution in [3.63, 3.8) is 0 Å². The molecule has 0 bridgehead atoms. The third kappa shape index (κ3) is 5.34. The minimum atomic E-state index is -1.35. The Labute approximate surface area is 340 Å². The molecule has 0 atom stereocenters. The molecule has 2 nitrogen and oxygen atoms in total. The first-order valence-electron chi connectivity index (χ1n) is 31.3. The van der Waals surface area contributed by atoms with Crippen molar-refractivity contribution in [2.24, 2.45) is 0 Å². The second kappa shape index (κ2) is 12.8. The summed E-state index contributed by atoms with van der Waals surface area (Å²) in [4.78, 5) is 0.298. The molecule has 8 aromatic carbocycles. The second-order valence-electron chi connectivity index (χ2n) is 10.0. The standard InChI is InChI=1S/C48H34N2/c1-4-14-35(15-5-1)36-24-31-42(32-25-36)50-47-23-13-11-21-44(47)45-34-39(28-33-48(45)50)37-26-29-41(30-27-37)49(40-18-8-3-9-19-40)46-22-12-10-20-43(46)38-16-6-2-7-17-38/h1-34H/i1D,2D,3D,4D,5D,6D,7D,8D,9D,10D,11D,12D,13D,14D,15D,16D,17D,18D,19D,20D,21D,22D,23D,24D,25D,26D,27D,28D,29D,30D,31D,32D,33D,34D. The van der Waals surface area contributed by atoms with Crippen LogP contribution in [0.4, 0.5) is 17.1 Å². The summed E-state index contributed by atoms with van der Waals surface area (Å²) in [6.07, 6.45) is 0. The fourth-order valence-corrected chi connectivity index (χ4v) is 5.04. The molecule has 0 fully saturated rings. The summed E-state index contributed by atoms with van der Waals surface area (Å²) in [5, 5.41) is -1.44. The van der Waals surface area contributed by atoms with Crippen LogP contribution in [0.15, 0.2) is 205 Å². The summed E-state index contributed by atoms with van der Waals surface area (Å²) in [5.41, 5.74) is -11.5. The number of fused-ring (bicyclic) bond motifs is 3. The van der Waals surface area contributed by atoms with Crippen LogP contribution < -0.4 is 4.90 Å². The van der Waals surface area contributed by atoms with Crippen LogP contribution in [0.25, 0.3) is 60.9 Å². The first-order chi connectivity index (χ1) is 39.0. The zero-order chi connectivity index (χ0) is 62.9. The van der Waals surface area contributed by atoms with Crippen LogP contribution in [-0.4, -0.2) is 4.57 Å². The van der Waals surface area contributed by atoms with E-state index in [1.54, 1.807) is 0 Å². The molecule has 9 aromatic rings. The summed E-state index contributed by atoms with van der Waals surface area (Å²) in [5.74, 6) is 0. The summed E-state index contributed by atoms with van der Waals surface area (Å²) < 4.78 is 304. The van der Waals surface area contributed by atoms with Gasteiger partial charge in [0.05, 0.1) is 63.3 Å². The van der Waals surface area contributed by atoms with Crippen molar-refractivity contribution in [1.29, 1.82) is 0 Å². The molecule has 0 N–H and O–H groups in total. The highest BCUT2D eigenvalue weighted by molar-refractivity contribution is 6.10. The molecule has 0 aliphatic carbocycles.